The van der Waals surface area contributed by atoms with Crippen molar-refractivity contribution in [2.75, 3.05) is 6.54 Å². The number of rotatable bonds is 6. The number of hydrogen-bond donors (Lipinski definition) is 2. The lowest BCUT2D eigenvalue weighted by molar-refractivity contribution is -0.384. The summed E-state index contributed by atoms with van der Waals surface area (Å²) < 4.78 is 0. The SMILES string of the molecule is CCNC(=NCc1ccc([N+](=O)[O-])cc1)NCc1nc(C)c(C)s1. The number of aromatic nitrogens is 1. The third kappa shape index (κ3) is 5.02. The van der Waals surface area contributed by atoms with Crippen LogP contribution in [-0.2, 0) is 13.1 Å². The second-order valence-electron chi connectivity index (χ2n) is 5.22. The molecule has 0 amide bonds. The van der Waals surface area contributed by atoms with Gasteiger partial charge in [-0.1, -0.05) is 12.1 Å². The summed E-state index contributed by atoms with van der Waals surface area (Å²) in [7, 11) is 0. The Balaban J connectivity index is 1.97. The molecular weight excluding hydrogens is 326 g/mol. The van der Waals surface area contributed by atoms with Crippen molar-refractivity contribution in [1.29, 1.82) is 0 Å². The summed E-state index contributed by atoms with van der Waals surface area (Å²) in [5.41, 5.74) is 2.06. The van der Waals surface area contributed by atoms with Crippen LogP contribution in [0.1, 0.15) is 28.1 Å². The summed E-state index contributed by atoms with van der Waals surface area (Å²) in [5.74, 6) is 0.696. The maximum absolute atomic E-state index is 10.7. The van der Waals surface area contributed by atoms with Crippen molar-refractivity contribution in [3.05, 3.63) is 55.5 Å². The first-order valence-electron chi connectivity index (χ1n) is 7.68. The minimum atomic E-state index is -0.406. The van der Waals surface area contributed by atoms with Gasteiger partial charge in [0.15, 0.2) is 5.96 Å². The first-order chi connectivity index (χ1) is 11.5. The van der Waals surface area contributed by atoms with Crippen LogP contribution in [0.2, 0.25) is 0 Å². The van der Waals surface area contributed by atoms with E-state index in [4.69, 9.17) is 0 Å². The van der Waals surface area contributed by atoms with E-state index < -0.39 is 4.92 Å². The second-order valence-corrected chi connectivity index (χ2v) is 6.51. The quantitative estimate of drug-likeness (QED) is 0.363. The molecule has 0 unspecified atom stereocenters. The maximum atomic E-state index is 10.7. The predicted molar refractivity (Wildman–Crippen MR) is 96.3 cm³/mol. The van der Waals surface area contributed by atoms with Crippen LogP contribution in [0.15, 0.2) is 29.3 Å². The van der Waals surface area contributed by atoms with Crippen molar-refractivity contribution in [2.24, 2.45) is 4.99 Å². The molecule has 1 aromatic heterocycles. The summed E-state index contributed by atoms with van der Waals surface area (Å²) in [6.45, 7) is 7.88. The molecular formula is C16H21N5O2S. The highest BCUT2D eigenvalue weighted by Gasteiger charge is 2.06. The molecule has 0 aliphatic rings. The van der Waals surface area contributed by atoms with Crippen molar-refractivity contribution in [3.63, 3.8) is 0 Å². The van der Waals surface area contributed by atoms with Gasteiger partial charge in [0.25, 0.3) is 5.69 Å². The van der Waals surface area contributed by atoms with E-state index in [1.54, 1.807) is 23.5 Å². The second kappa shape index (κ2) is 8.39. The monoisotopic (exact) mass is 347 g/mol. The Kier molecular flexibility index (Phi) is 6.25. The zero-order chi connectivity index (χ0) is 17.5. The minimum Gasteiger partial charge on any atom is -0.357 e. The van der Waals surface area contributed by atoms with Gasteiger partial charge in [0.05, 0.1) is 23.7 Å². The summed E-state index contributed by atoms with van der Waals surface area (Å²) >= 11 is 1.67. The molecule has 0 fully saturated rings. The van der Waals surface area contributed by atoms with E-state index in [0.29, 0.717) is 19.0 Å². The lowest BCUT2D eigenvalue weighted by Gasteiger charge is -2.10. The molecule has 0 aliphatic carbocycles. The summed E-state index contributed by atoms with van der Waals surface area (Å²) in [6, 6.07) is 6.43. The molecule has 0 bridgehead atoms. The van der Waals surface area contributed by atoms with E-state index >= 15 is 0 Å². The van der Waals surface area contributed by atoms with Crippen LogP contribution in [0.5, 0.6) is 0 Å². The highest BCUT2D eigenvalue weighted by molar-refractivity contribution is 7.11. The molecule has 8 heteroatoms. The van der Waals surface area contributed by atoms with Gasteiger partial charge in [-0.05, 0) is 26.3 Å². The number of guanidine groups is 1. The number of aryl methyl sites for hydroxylation is 2. The molecule has 0 saturated heterocycles. The minimum absolute atomic E-state index is 0.0854. The van der Waals surface area contributed by atoms with Crippen molar-refractivity contribution in [2.45, 2.75) is 33.9 Å². The van der Waals surface area contributed by atoms with Crippen molar-refractivity contribution >= 4 is 23.0 Å². The number of aliphatic imine (C=N–C) groups is 1. The van der Waals surface area contributed by atoms with Gasteiger partial charge >= 0.3 is 0 Å². The zero-order valence-electron chi connectivity index (χ0n) is 14.0. The smallest absolute Gasteiger partial charge is 0.269 e. The standard InChI is InChI=1S/C16H21N5O2S/c1-4-17-16(19-10-15-20-11(2)12(3)24-15)18-9-13-5-7-14(8-6-13)21(22)23/h5-8H,4,9-10H2,1-3H3,(H2,17,18,19). The van der Waals surface area contributed by atoms with E-state index in [1.165, 1.54) is 17.0 Å². The Bertz CT molecular complexity index is 705. The summed E-state index contributed by atoms with van der Waals surface area (Å²) in [5, 5.41) is 18.1. The van der Waals surface area contributed by atoms with Crippen molar-refractivity contribution in [1.82, 2.24) is 15.6 Å². The van der Waals surface area contributed by atoms with E-state index in [1.807, 2.05) is 13.8 Å². The van der Waals surface area contributed by atoms with E-state index in [-0.39, 0.29) is 5.69 Å². The van der Waals surface area contributed by atoms with Gasteiger partial charge in [-0.15, -0.1) is 11.3 Å². The molecule has 0 aliphatic heterocycles. The normalized spacial score (nSPS) is 11.4. The molecule has 1 heterocycles. The zero-order valence-corrected chi connectivity index (χ0v) is 14.8. The van der Waals surface area contributed by atoms with Gasteiger partial charge in [0.1, 0.15) is 5.01 Å². The van der Waals surface area contributed by atoms with Crippen LogP contribution in [0, 0.1) is 24.0 Å². The van der Waals surface area contributed by atoms with Crippen molar-refractivity contribution < 1.29 is 4.92 Å². The number of non-ortho nitro benzene ring substituents is 1. The number of nitrogens with zero attached hydrogens (tertiary/aromatic N) is 3. The van der Waals surface area contributed by atoms with E-state index in [9.17, 15) is 10.1 Å². The van der Waals surface area contributed by atoms with Gasteiger partial charge in [-0.25, -0.2) is 9.98 Å². The fourth-order valence-electron chi connectivity index (χ4n) is 2.01. The van der Waals surface area contributed by atoms with Gasteiger partial charge in [0.2, 0.25) is 0 Å². The molecule has 2 rings (SSSR count). The Labute approximate surface area is 145 Å². The number of benzene rings is 1. The Morgan fingerprint density at radius 3 is 2.54 bits per heavy atom. The van der Waals surface area contributed by atoms with Crippen LogP contribution in [0.25, 0.3) is 0 Å². The Hall–Kier alpha value is -2.48. The van der Waals surface area contributed by atoms with Gasteiger partial charge in [0, 0.05) is 23.6 Å². The maximum Gasteiger partial charge on any atom is 0.269 e. The summed E-state index contributed by atoms with van der Waals surface area (Å²) in [6.07, 6.45) is 0. The van der Waals surface area contributed by atoms with Gasteiger partial charge in [-0.2, -0.15) is 0 Å². The first-order valence-corrected chi connectivity index (χ1v) is 8.49. The third-order valence-corrected chi connectivity index (χ3v) is 4.46. The number of nitro groups is 1. The fraction of sp³-hybridized carbons (Fsp3) is 0.375. The Morgan fingerprint density at radius 2 is 2.00 bits per heavy atom. The van der Waals surface area contributed by atoms with Gasteiger partial charge in [-0.3, -0.25) is 10.1 Å². The molecule has 1 aromatic carbocycles. The predicted octanol–water partition coefficient (Wildman–Crippen LogP) is 2.92. The molecule has 2 aromatic rings. The van der Waals surface area contributed by atoms with Crippen LogP contribution in [0.3, 0.4) is 0 Å². The van der Waals surface area contributed by atoms with Crippen LogP contribution >= 0.6 is 11.3 Å². The molecule has 2 N–H and O–H groups in total. The first kappa shape index (κ1) is 17.9. The molecule has 7 nitrogen and oxygen atoms in total. The number of thiazole rings is 1. The Morgan fingerprint density at radius 1 is 1.29 bits per heavy atom. The molecule has 0 atom stereocenters. The van der Waals surface area contributed by atoms with Crippen molar-refractivity contribution in [3.8, 4) is 0 Å². The molecule has 24 heavy (non-hydrogen) atoms. The van der Waals surface area contributed by atoms with E-state index in [0.717, 1.165) is 22.8 Å². The lowest BCUT2D eigenvalue weighted by atomic mass is 10.2. The molecule has 0 radical (unpaired) electrons. The van der Waals surface area contributed by atoms with Gasteiger partial charge < -0.3 is 10.6 Å². The van der Waals surface area contributed by atoms with Crippen LogP contribution < -0.4 is 10.6 Å². The molecule has 0 saturated carbocycles. The van der Waals surface area contributed by atoms with Crippen LogP contribution in [0.4, 0.5) is 5.69 Å². The van der Waals surface area contributed by atoms with Crippen LogP contribution in [-0.4, -0.2) is 22.4 Å². The topological polar surface area (TPSA) is 92.5 Å². The third-order valence-electron chi connectivity index (χ3n) is 3.39. The summed E-state index contributed by atoms with van der Waals surface area (Å²) in [4.78, 5) is 20.5. The molecule has 128 valence electrons. The lowest BCUT2D eigenvalue weighted by Crippen LogP contribution is -2.36. The number of hydrogen-bond acceptors (Lipinski definition) is 5. The highest BCUT2D eigenvalue weighted by Crippen LogP contribution is 2.16. The number of nitrogens with one attached hydrogen (secondary N) is 2. The van der Waals surface area contributed by atoms with E-state index in [2.05, 4.69) is 27.5 Å². The number of nitro benzene ring substituents is 1. The largest absolute Gasteiger partial charge is 0.357 e. The molecule has 0 spiro atoms. The average Bonchev–Trinajstić information content (AvgIpc) is 2.88. The fourth-order valence-corrected chi connectivity index (χ4v) is 2.88. The highest BCUT2D eigenvalue weighted by atomic mass is 32.1. The average molecular weight is 347 g/mol.